The molecular weight excluding hydrogens is 292 g/mol. The molecule has 0 aromatic carbocycles. The lowest BCUT2D eigenvalue weighted by atomic mass is 9.88. The third kappa shape index (κ3) is 2.35. The van der Waals surface area contributed by atoms with E-state index in [9.17, 15) is 4.79 Å². The summed E-state index contributed by atoms with van der Waals surface area (Å²) in [5, 5.41) is 0. The van der Waals surface area contributed by atoms with Gasteiger partial charge in [-0.1, -0.05) is 19.3 Å². The highest BCUT2D eigenvalue weighted by Gasteiger charge is 2.28. The number of carbonyl (C=O) groups excluding carboxylic acids is 1. The number of nitrogens with one attached hydrogen (secondary N) is 1. The van der Waals surface area contributed by atoms with Gasteiger partial charge in [-0.05, 0) is 40.4 Å². The van der Waals surface area contributed by atoms with Crippen LogP contribution in [0.3, 0.4) is 0 Å². The number of nitrogens with zero attached hydrogens (tertiary/aromatic N) is 1. The van der Waals surface area contributed by atoms with Crippen molar-refractivity contribution in [2.24, 2.45) is 5.92 Å². The third-order valence-corrected chi connectivity index (χ3v) is 4.65. The van der Waals surface area contributed by atoms with Crippen molar-refractivity contribution >= 4 is 21.8 Å². The molecule has 0 unspecified atom stereocenters. The van der Waals surface area contributed by atoms with Crippen LogP contribution in [0.25, 0.3) is 0 Å². The van der Waals surface area contributed by atoms with Crippen molar-refractivity contribution in [3.8, 4) is 0 Å². The van der Waals surface area contributed by atoms with Crippen molar-refractivity contribution in [1.82, 2.24) is 9.88 Å². The molecule has 1 saturated carbocycles. The first-order valence-corrected chi connectivity index (χ1v) is 7.68. The van der Waals surface area contributed by atoms with Crippen LogP contribution < -0.4 is 0 Å². The summed E-state index contributed by atoms with van der Waals surface area (Å²) in [7, 11) is 0. The Hall–Kier alpha value is -0.770. The van der Waals surface area contributed by atoms with Gasteiger partial charge in [-0.15, -0.1) is 0 Å². The van der Waals surface area contributed by atoms with Gasteiger partial charge in [0.05, 0.1) is 4.60 Å². The highest BCUT2D eigenvalue weighted by Crippen LogP contribution is 2.28. The van der Waals surface area contributed by atoms with Gasteiger partial charge in [0.2, 0.25) is 5.91 Å². The van der Waals surface area contributed by atoms with E-state index >= 15 is 0 Å². The zero-order chi connectivity index (χ0) is 12.5. The maximum absolute atomic E-state index is 12.5. The number of carbonyl (C=O) groups is 1. The normalized spacial score (nSPS) is 20.8. The van der Waals surface area contributed by atoms with Crippen LogP contribution >= 0.6 is 15.9 Å². The molecule has 2 aliphatic rings. The second-order valence-electron chi connectivity index (χ2n) is 5.47. The fourth-order valence-electron chi connectivity index (χ4n) is 3.19. The second kappa shape index (κ2) is 5.08. The second-order valence-corrected chi connectivity index (χ2v) is 6.32. The van der Waals surface area contributed by atoms with E-state index in [1.807, 2.05) is 0 Å². The lowest BCUT2D eigenvalue weighted by Gasteiger charge is -2.32. The molecule has 1 aromatic heterocycles. The van der Waals surface area contributed by atoms with Crippen molar-refractivity contribution in [3.63, 3.8) is 0 Å². The van der Waals surface area contributed by atoms with Gasteiger partial charge in [0.15, 0.2) is 0 Å². The Labute approximate surface area is 116 Å². The molecule has 1 amide bonds. The van der Waals surface area contributed by atoms with Crippen LogP contribution in [-0.4, -0.2) is 22.3 Å². The van der Waals surface area contributed by atoms with Crippen molar-refractivity contribution in [3.05, 3.63) is 21.9 Å². The summed E-state index contributed by atoms with van der Waals surface area (Å²) < 4.78 is 1.03. The lowest BCUT2D eigenvalue weighted by molar-refractivity contribution is -0.137. The molecule has 18 heavy (non-hydrogen) atoms. The Bertz CT molecular complexity index is 449. The van der Waals surface area contributed by atoms with E-state index < -0.39 is 0 Å². The monoisotopic (exact) mass is 310 g/mol. The minimum atomic E-state index is 0.294. The molecule has 3 rings (SSSR count). The number of halogens is 1. The number of hydrogen-bond donors (Lipinski definition) is 1. The van der Waals surface area contributed by atoms with Crippen LogP contribution in [0.15, 0.2) is 10.7 Å². The van der Waals surface area contributed by atoms with Crippen molar-refractivity contribution in [1.29, 1.82) is 0 Å². The Kier molecular flexibility index (Phi) is 3.46. The molecule has 3 nitrogen and oxygen atoms in total. The van der Waals surface area contributed by atoms with Crippen molar-refractivity contribution in [2.75, 3.05) is 6.54 Å². The number of rotatable bonds is 1. The highest BCUT2D eigenvalue weighted by atomic mass is 79.9. The molecule has 1 N–H and O–H groups in total. The molecule has 0 radical (unpaired) electrons. The Morgan fingerprint density at radius 3 is 2.89 bits per heavy atom. The Morgan fingerprint density at radius 1 is 1.33 bits per heavy atom. The van der Waals surface area contributed by atoms with Crippen LogP contribution in [0.4, 0.5) is 0 Å². The molecule has 1 aliphatic carbocycles. The van der Waals surface area contributed by atoms with Gasteiger partial charge < -0.3 is 9.88 Å². The van der Waals surface area contributed by atoms with Gasteiger partial charge in [-0.3, -0.25) is 4.79 Å². The summed E-state index contributed by atoms with van der Waals surface area (Å²) >= 11 is 3.47. The number of H-pyrrole nitrogens is 1. The van der Waals surface area contributed by atoms with Crippen molar-refractivity contribution < 1.29 is 4.79 Å². The quantitative estimate of drug-likeness (QED) is 0.849. The highest BCUT2D eigenvalue weighted by molar-refractivity contribution is 9.10. The van der Waals surface area contributed by atoms with E-state index in [0.717, 1.165) is 37.0 Å². The largest absolute Gasteiger partial charge is 0.353 e. The van der Waals surface area contributed by atoms with Gasteiger partial charge in [0, 0.05) is 31.1 Å². The third-order valence-electron chi connectivity index (χ3n) is 4.22. The van der Waals surface area contributed by atoms with E-state index in [0.29, 0.717) is 11.8 Å². The first-order valence-electron chi connectivity index (χ1n) is 6.89. The molecule has 2 heterocycles. The molecular formula is C14H19BrN2O. The van der Waals surface area contributed by atoms with E-state index in [-0.39, 0.29) is 0 Å². The first-order chi connectivity index (χ1) is 8.74. The summed E-state index contributed by atoms with van der Waals surface area (Å²) in [5.41, 5.74) is 2.56. The maximum atomic E-state index is 12.5. The van der Waals surface area contributed by atoms with Gasteiger partial charge in [-0.2, -0.15) is 0 Å². The molecule has 4 heteroatoms. The molecule has 1 aliphatic heterocycles. The lowest BCUT2D eigenvalue weighted by Crippen LogP contribution is -2.40. The smallest absolute Gasteiger partial charge is 0.225 e. The zero-order valence-electron chi connectivity index (χ0n) is 10.5. The summed E-state index contributed by atoms with van der Waals surface area (Å²) in [6.07, 6.45) is 6.91. The topological polar surface area (TPSA) is 36.1 Å². The van der Waals surface area contributed by atoms with Crippen LogP contribution in [0.2, 0.25) is 0 Å². The summed E-state index contributed by atoms with van der Waals surface area (Å²) in [4.78, 5) is 17.8. The molecule has 0 saturated heterocycles. The molecule has 0 bridgehead atoms. The minimum Gasteiger partial charge on any atom is -0.353 e. The Balaban J connectivity index is 1.69. The van der Waals surface area contributed by atoms with Crippen LogP contribution in [0.1, 0.15) is 43.4 Å². The number of aromatic nitrogens is 1. The van der Waals surface area contributed by atoms with Gasteiger partial charge >= 0.3 is 0 Å². The van der Waals surface area contributed by atoms with Crippen molar-refractivity contribution in [2.45, 2.75) is 45.1 Å². The average Bonchev–Trinajstić information content (AvgIpc) is 2.78. The predicted molar refractivity (Wildman–Crippen MR) is 74.2 cm³/mol. The summed E-state index contributed by atoms with van der Waals surface area (Å²) in [6, 6.07) is 2.11. The maximum Gasteiger partial charge on any atom is 0.225 e. The van der Waals surface area contributed by atoms with Gasteiger partial charge in [-0.25, -0.2) is 0 Å². The van der Waals surface area contributed by atoms with E-state index in [2.05, 4.69) is 31.9 Å². The number of aromatic amines is 1. The van der Waals surface area contributed by atoms with Gasteiger partial charge in [0.1, 0.15) is 0 Å². The molecule has 0 spiro atoms. The molecule has 98 valence electrons. The van der Waals surface area contributed by atoms with E-state index in [1.54, 1.807) is 0 Å². The summed E-state index contributed by atoms with van der Waals surface area (Å²) in [6.45, 7) is 1.65. The average molecular weight is 311 g/mol. The van der Waals surface area contributed by atoms with Crippen LogP contribution in [-0.2, 0) is 17.8 Å². The first kappa shape index (κ1) is 12.3. The fourth-order valence-corrected chi connectivity index (χ4v) is 3.71. The zero-order valence-corrected chi connectivity index (χ0v) is 12.1. The number of amides is 1. The number of fused-ring (bicyclic) bond motifs is 1. The minimum absolute atomic E-state index is 0.294. The fraction of sp³-hybridized carbons (Fsp3) is 0.643. The van der Waals surface area contributed by atoms with E-state index in [1.165, 1.54) is 30.5 Å². The predicted octanol–water partition coefficient (Wildman–Crippen LogP) is 3.24. The van der Waals surface area contributed by atoms with E-state index in [4.69, 9.17) is 0 Å². The van der Waals surface area contributed by atoms with Gasteiger partial charge in [0.25, 0.3) is 0 Å². The SMILES string of the molecule is O=C(C1CCCCC1)N1CCc2[nH]c(Br)cc2C1. The standard InChI is InChI=1S/C14H19BrN2O/c15-13-8-11-9-17(7-6-12(11)16-13)14(18)10-4-2-1-3-5-10/h8,10,16H,1-7,9H2. The molecule has 1 fully saturated rings. The molecule has 0 atom stereocenters. The number of hydrogen-bond acceptors (Lipinski definition) is 1. The van der Waals surface area contributed by atoms with Crippen LogP contribution in [0.5, 0.6) is 0 Å². The Morgan fingerprint density at radius 2 is 2.11 bits per heavy atom. The molecule has 1 aromatic rings. The summed E-state index contributed by atoms with van der Waals surface area (Å²) in [5.74, 6) is 0.681. The van der Waals surface area contributed by atoms with Crippen LogP contribution in [0, 0.1) is 5.92 Å².